The van der Waals surface area contributed by atoms with Gasteiger partial charge in [0.15, 0.2) is 0 Å². The van der Waals surface area contributed by atoms with E-state index in [-0.39, 0.29) is 23.4 Å². The molecule has 0 N–H and O–H groups in total. The molecule has 1 aliphatic heterocycles. The van der Waals surface area contributed by atoms with Crippen LogP contribution in [0.3, 0.4) is 0 Å². The van der Waals surface area contributed by atoms with Crippen LogP contribution in [0, 0.1) is 5.82 Å². The Hall–Kier alpha value is -3.52. The molecule has 2 aromatic carbocycles. The number of halogens is 1. The summed E-state index contributed by atoms with van der Waals surface area (Å²) in [5.74, 6) is -1.02. The van der Waals surface area contributed by atoms with Crippen LogP contribution in [0.5, 0.6) is 0 Å². The lowest BCUT2D eigenvalue weighted by atomic mass is 10.00. The first kappa shape index (κ1) is 24.2. The Morgan fingerprint density at radius 2 is 1.97 bits per heavy atom. The zero-order valence-electron chi connectivity index (χ0n) is 20.6. The maximum atomic E-state index is 15.8. The Morgan fingerprint density at radius 1 is 1.17 bits per heavy atom. The van der Waals surface area contributed by atoms with Gasteiger partial charge in [0.05, 0.1) is 49.5 Å². The molecule has 1 saturated carbocycles. The van der Waals surface area contributed by atoms with Crippen molar-refractivity contribution in [1.29, 1.82) is 0 Å². The molecule has 0 spiro atoms. The van der Waals surface area contributed by atoms with E-state index in [1.165, 1.54) is 13.3 Å². The highest BCUT2D eigenvalue weighted by Gasteiger charge is 2.33. The second kappa shape index (κ2) is 10.2. The minimum atomic E-state index is -0.542. The van der Waals surface area contributed by atoms with Crippen LogP contribution in [0.4, 0.5) is 4.39 Å². The summed E-state index contributed by atoms with van der Waals surface area (Å²) >= 11 is 0. The van der Waals surface area contributed by atoms with Crippen molar-refractivity contribution in [1.82, 2.24) is 14.7 Å². The number of amides is 1. The molecule has 1 aromatic heterocycles. The van der Waals surface area contributed by atoms with Crippen LogP contribution in [0.15, 0.2) is 48.7 Å². The summed E-state index contributed by atoms with van der Waals surface area (Å²) < 4.78 is 28.1. The van der Waals surface area contributed by atoms with Crippen LogP contribution >= 0.6 is 0 Å². The number of morpholine rings is 1. The van der Waals surface area contributed by atoms with Crippen molar-refractivity contribution in [3.63, 3.8) is 0 Å². The molecule has 0 bridgehead atoms. The molecule has 7 nitrogen and oxygen atoms in total. The molecule has 1 unspecified atom stereocenters. The summed E-state index contributed by atoms with van der Waals surface area (Å²) in [6, 6.07) is 12.2. The van der Waals surface area contributed by atoms with E-state index < -0.39 is 11.8 Å². The smallest absolute Gasteiger partial charge is 0.341 e. The third-order valence-electron chi connectivity index (χ3n) is 6.92. The lowest BCUT2D eigenvalue weighted by Crippen LogP contribution is -2.48. The standard InChI is InChI=1S/C28H30FN3O4/c1-3-6-21-17-36-14-13-31(21)27(33)23-10-5-9-22(25(23)29)19-7-4-8-20(15-19)32-26(18-11-12-18)24(16-30-32)28(34)35-2/h4-5,7-10,15-16,18,21H,3,6,11-14,17H2,1-2H3. The fourth-order valence-electron chi connectivity index (χ4n) is 4.96. The number of hydrogen-bond donors (Lipinski definition) is 0. The van der Waals surface area contributed by atoms with Crippen molar-refractivity contribution in [3.8, 4) is 16.8 Å². The first-order valence-electron chi connectivity index (χ1n) is 12.5. The van der Waals surface area contributed by atoms with E-state index in [0.717, 1.165) is 37.1 Å². The highest BCUT2D eigenvalue weighted by molar-refractivity contribution is 5.96. The van der Waals surface area contributed by atoms with Gasteiger partial charge in [0.1, 0.15) is 11.4 Å². The minimum Gasteiger partial charge on any atom is -0.465 e. The number of nitrogens with zero attached hydrogens (tertiary/aromatic N) is 3. The predicted molar refractivity (Wildman–Crippen MR) is 133 cm³/mol. The number of rotatable bonds is 7. The normalized spacial score (nSPS) is 17.8. The largest absolute Gasteiger partial charge is 0.465 e. The molecule has 0 radical (unpaired) electrons. The van der Waals surface area contributed by atoms with Crippen LogP contribution in [0.1, 0.15) is 64.9 Å². The zero-order chi connectivity index (χ0) is 25.2. The van der Waals surface area contributed by atoms with Crippen LogP contribution in [0.25, 0.3) is 16.8 Å². The van der Waals surface area contributed by atoms with Gasteiger partial charge < -0.3 is 14.4 Å². The fraction of sp³-hybridized carbons (Fsp3) is 0.393. The maximum absolute atomic E-state index is 15.8. The molecule has 188 valence electrons. The van der Waals surface area contributed by atoms with Crippen molar-refractivity contribution in [3.05, 3.63) is 71.3 Å². The topological polar surface area (TPSA) is 73.7 Å². The van der Waals surface area contributed by atoms with Gasteiger partial charge in [0.2, 0.25) is 0 Å². The van der Waals surface area contributed by atoms with Gasteiger partial charge in [0, 0.05) is 18.0 Å². The second-order valence-corrected chi connectivity index (χ2v) is 9.35. The van der Waals surface area contributed by atoms with Gasteiger partial charge in [-0.2, -0.15) is 5.10 Å². The Bertz CT molecular complexity index is 1280. The molecule has 5 rings (SSSR count). The van der Waals surface area contributed by atoms with Crippen molar-refractivity contribution in [2.24, 2.45) is 0 Å². The van der Waals surface area contributed by atoms with E-state index in [9.17, 15) is 9.59 Å². The summed E-state index contributed by atoms with van der Waals surface area (Å²) in [6.07, 6.45) is 5.22. The van der Waals surface area contributed by atoms with Gasteiger partial charge in [0.25, 0.3) is 5.91 Å². The lowest BCUT2D eigenvalue weighted by molar-refractivity contribution is -0.00456. The molecule has 1 aliphatic carbocycles. The fourth-order valence-corrected chi connectivity index (χ4v) is 4.96. The van der Waals surface area contributed by atoms with Crippen molar-refractivity contribution < 1.29 is 23.5 Å². The number of hydrogen-bond acceptors (Lipinski definition) is 5. The van der Waals surface area contributed by atoms with Crippen molar-refractivity contribution in [2.75, 3.05) is 26.9 Å². The van der Waals surface area contributed by atoms with Crippen LogP contribution in [-0.4, -0.2) is 59.5 Å². The molecule has 3 aromatic rings. The van der Waals surface area contributed by atoms with E-state index in [4.69, 9.17) is 9.47 Å². The third-order valence-corrected chi connectivity index (χ3v) is 6.92. The molecule has 1 amide bonds. The van der Waals surface area contributed by atoms with Crippen molar-refractivity contribution in [2.45, 2.75) is 44.6 Å². The van der Waals surface area contributed by atoms with Gasteiger partial charge >= 0.3 is 5.97 Å². The third kappa shape index (κ3) is 4.53. The quantitative estimate of drug-likeness (QED) is 0.436. The number of benzene rings is 2. The molecule has 2 aliphatic rings. The SMILES string of the molecule is CCCC1COCCN1C(=O)c1cccc(-c2cccc(-n3ncc(C(=O)OC)c3C3CC3)c2)c1F. The van der Waals surface area contributed by atoms with E-state index >= 15 is 4.39 Å². The van der Waals surface area contributed by atoms with Crippen LogP contribution in [-0.2, 0) is 9.47 Å². The summed E-state index contributed by atoms with van der Waals surface area (Å²) in [4.78, 5) is 27.4. The van der Waals surface area contributed by atoms with E-state index in [0.29, 0.717) is 36.4 Å². The minimum absolute atomic E-state index is 0.0488. The first-order valence-corrected chi connectivity index (χ1v) is 12.5. The van der Waals surface area contributed by atoms with Crippen LogP contribution < -0.4 is 0 Å². The van der Waals surface area contributed by atoms with Gasteiger partial charge in [-0.05, 0) is 43.0 Å². The van der Waals surface area contributed by atoms with Gasteiger partial charge in [-0.3, -0.25) is 4.79 Å². The molecule has 2 heterocycles. The second-order valence-electron chi connectivity index (χ2n) is 9.35. The molecule has 2 fully saturated rings. The Balaban J connectivity index is 1.50. The van der Waals surface area contributed by atoms with E-state index in [1.807, 2.05) is 24.3 Å². The van der Waals surface area contributed by atoms with Gasteiger partial charge in [-0.15, -0.1) is 0 Å². The molecule has 36 heavy (non-hydrogen) atoms. The first-order chi connectivity index (χ1) is 17.5. The van der Waals surface area contributed by atoms with Crippen LogP contribution in [0.2, 0.25) is 0 Å². The summed E-state index contributed by atoms with van der Waals surface area (Å²) in [7, 11) is 1.36. The van der Waals surface area contributed by atoms with E-state index in [2.05, 4.69) is 12.0 Å². The molecule has 1 saturated heterocycles. The number of esters is 1. The Morgan fingerprint density at radius 3 is 2.72 bits per heavy atom. The van der Waals surface area contributed by atoms with Gasteiger partial charge in [-0.1, -0.05) is 37.6 Å². The number of aromatic nitrogens is 2. The summed E-state index contributed by atoms with van der Waals surface area (Å²) in [6.45, 7) is 3.45. The molecule has 8 heteroatoms. The number of methoxy groups -OCH3 is 1. The highest BCUT2D eigenvalue weighted by Crippen LogP contribution is 2.43. The number of carbonyl (C=O) groups is 2. The summed E-state index contributed by atoms with van der Waals surface area (Å²) in [5, 5.41) is 4.46. The van der Waals surface area contributed by atoms with Crippen molar-refractivity contribution >= 4 is 11.9 Å². The predicted octanol–water partition coefficient (Wildman–Crippen LogP) is 4.98. The maximum Gasteiger partial charge on any atom is 0.341 e. The number of ether oxygens (including phenoxy) is 2. The monoisotopic (exact) mass is 491 g/mol. The molecular formula is C28H30FN3O4. The van der Waals surface area contributed by atoms with E-state index in [1.54, 1.807) is 27.8 Å². The highest BCUT2D eigenvalue weighted by atomic mass is 19.1. The van der Waals surface area contributed by atoms with Gasteiger partial charge in [-0.25, -0.2) is 13.9 Å². The average Bonchev–Trinajstić information content (AvgIpc) is 3.66. The summed E-state index contributed by atoms with van der Waals surface area (Å²) in [5.41, 5.74) is 3.03. The zero-order valence-corrected chi connectivity index (χ0v) is 20.6. The average molecular weight is 492 g/mol. The lowest BCUT2D eigenvalue weighted by Gasteiger charge is -2.35. The Kier molecular flexibility index (Phi) is 6.87. The molecule has 1 atom stereocenters. The Labute approximate surface area is 209 Å². The number of carbonyl (C=O) groups excluding carboxylic acids is 2. The molecular weight excluding hydrogens is 461 g/mol.